The van der Waals surface area contributed by atoms with Crippen molar-refractivity contribution in [3.05, 3.63) is 0 Å². The number of aliphatic carboxylic acids is 1. The van der Waals surface area contributed by atoms with Crippen molar-refractivity contribution in [2.75, 3.05) is 33.2 Å². The van der Waals surface area contributed by atoms with Gasteiger partial charge in [0.15, 0.2) is 0 Å². The quantitative estimate of drug-likeness (QED) is 0.849. The molecule has 0 saturated carbocycles. The molecule has 1 fully saturated rings. The summed E-state index contributed by atoms with van der Waals surface area (Å²) in [6.07, 6.45) is 0.981. The molecule has 0 radical (unpaired) electrons. The van der Waals surface area contributed by atoms with Crippen molar-refractivity contribution in [3.8, 4) is 0 Å². The summed E-state index contributed by atoms with van der Waals surface area (Å²) in [7, 11) is 2.06. The minimum Gasteiger partial charge on any atom is -0.480 e. The van der Waals surface area contributed by atoms with E-state index in [1.807, 2.05) is 20.8 Å². The van der Waals surface area contributed by atoms with E-state index in [9.17, 15) is 9.59 Å². The molecule has 0 aliphatic carbocycles. The van der Waals surface area contributed by atoms with E-state index in [0.29, 0.717) is 19.1 Å². The highest BCUT2D eigenvalue weighted by molar-refractivity contribution is 5.81. The van der Waals surface area contributed by atoms with Crippen molar-refractivity contribution in [3.63, 3.8) is 0 Å². The molecule has 6 heteroatoms. The van der Waals surface area contributed by atoms with Crippen LogP contribution in [0.25, 0.3) is 0 Å². The van der Waals surface area contributed by atoms with Crippen molar-refractivity contribution in [2.24, 2.45) is 0 Å². The molecular formula is C14H27N3O3. The van der Waals surface area contributed by atoms with Crippen LogP contribution in [0.1, 0.15) is 34.1 Å². The number of piperazine rings is 1. The maximum atomic E-state index is 12.6. The Morgan fingerprint density at radius 3 is 2.35 bits per heavy atom. The van der Waals surface area contributed by atoms with Crippen molar-refractivity contribution < 1.29 is 14.7 Å². The first kappa shape index (κ1) is 16.8. The summed E-state index contributed by atoms with van der Waals surface area (Å²) in [5.41, 5.74) is -0.499. The van der Waals surface area contributed by atoms with Gasteiger partial charge < -0.3 is 14.9 Å². The smallest absolute Gasteiger partial charge is 0.323 e. The topological polar surface area (TPSA) is 64.1 Å². The molecule has 1 aliphatic heterocycles. The van der Waals surface area contributed by atoms with Gasteiger partial charge in [0.25, 0.3) is 0 Å². The molecule has 1 unspecified atom stereocenters. The second-order valence-electron chi connectivity index (χ2n) is 6.42. The van der Waals surface area contributed by atoms with Crippen LogP contribution in [-0.4, -0.2) is 76.6 Å². The van der Waals surface area contributed by atoms with Crippen LogP contribution in [0.5, 0.6) is 0 Å². The van der Waals surface area contributed by atoms with E-state index in [4.69, 9.17) is 5.11 Å². The number of urea groups is 1. The first-order valence-electron chi connectivity index (χ1n) is 7.15. The van der Waals surface area contributed by atoms with Crippen LogP contribution in [0.15, 0.2) is 0 Å². The number of hydrogen-bond donors (Lipinski definition) is 1. The molecule has 0 aromatic rings. The van der Waals surface area contributed by atoms with Gasteiger partial charge in [-0.3, -0.25) is 9.69 Å². The average molecular weight is 285 g/mol. The molecule has 0 spiro atoms. The van der Waals surface area contributed by atoms with E-state index in [0.717, 1.165) is 13.0 Å². The van der Waals surface area contributed by atoms with Crippen LogP contribution in [-0.2, 0) is 4.79 Å². The standard InChI is InChI=1S/C14H27N3O3/c1-6-11-9-16(8-7-15(11)5)13(20)17(10-12(18)19)14(2,3)4/h11H,6-10H2,1-5H3,(H,18,19). The number of amides is 2. The van der Waals surface area contributed by atoms with Crippen molar-refractivity contribution in [1.29, 1.82) is 0 Å². The van der Waals surface area contributed by atoms with E-state index in [1.165, 1.54) is 4.90 Å². The van der Waals surface area contributed by atoms with Gasteiger partial charge in [0.05, 0.1) is 0 Å². The van der Waals surface area contributed by atoms with Crippen LogP contribution in [0.4, 0.5) is 4.79 Å². The van der Waals surface area contributed by atoms with Gasteiger partial charge in [-0.15, -0.1) is 0 Å². The monoisotopic (exact) mass is 285 g/mol. The zero-order valence-electron chi connectivity index (χ0n) is 13.2. The predicted octanol–water partition coefficient (Wildman–Crippen LogP) is 1.32. The van der Waals surface area contributed by atoms with Gasteiger partial charge in [-0.2, -0.15) is 0 Å². The Labute approximate surface area is 121 Å². The number of carbonyl (C=O) groups excluding carboxylic acids is 1. The lowest BCUT2D eigenvalue weighted by Crippen LogP contribution is -2.59. The SMILES string of the molecule is CCC1CN(C(=O)N(CC(=O)O)C(C)(C)C)CCN1C. The number of hydrogen-bond acceptors (Lipinski definition) is 3. The molecule has 0 aromatic carbocycles. The highest BCUT2D eigenvalue weighted by Gasteiger charge is 2.34. The number of nitrogens with zero attached hydrogens (tertiary/aromatic N) is 3. The molecular weight excluding hydrogens is 258 g/mol. The van der Waals surface area contributed by atoms with Gasteiger partial charge in [-0.25, -0.2) is 4.79 Å². The lowest BCUT2D eigenvalue weighted by Gasteiger charge is -2.43. The fourth-order valence-electron chi connectivity index (χ4n) is 2.46. The minimum atomic E-state index is -0.977. The van der Waals surface area contributed by atoms with Crippen LogP contribution in [0, 0.1) is 0 Å². The maximum absolute atomic E-state index is 12.6. The molecule has 1 heterocycles. The van der Waals surface area contributed by atoms with Gasteiger partial charge in [0.1, 0.15) is 6.54 Å². The summed E-state index contributed by atoms with van der Waals surface area (Å²) in [6.45, 7) is 9.58. The zero-order valence-corrected chi connectivity index (χ0v) is 13.2. The van der Waals surface area contributed by atoms with E-state index < -0.39 is 11.5 Å². The fourth-order valence-corrected chi connectivity index (χ4v) is 2.46. The second kappa shape index (κ2) is 6.43. The van der Waals surface area contributed by atoms with Crippen molar-refractivity contribution in [1.82, 2.24) is 14.7 Å². The van der Waals surface area contributed by atoms with Crippen molar-refractivity contribution >= 4 is 12.0 Å². The number of carbonyl (C=O) groups is 2. The molecule has 0 bridgehead atoms. The number of carboxylic acids is 1. The van der Waals surface area contributed by atoms with E-state index >= 15 is 0 Å². The minimum absolute atomic E-state index is 0.175. The molecule has 1 rings (SSSR count). The lowest BCUT2D eigenvalue weighted by atomic mass is 10.1. The molecule has 1 N–H and O–H groups in total. The zero-order chi connectivity index (χ0) is 15.5. The highest BCUT2D eigenvalue weighted by Crippen LogP contribution is 2.18. The average Bonchev–Trinajstić information content (AvgIpc) is 2.34. The van der Waals surface area contributed by atoms with Crippen LogP contribution in [0.3, 0.4) is 0 Å². The third-order valence-electron chi connectivity index (χ3n) is 3.85. The summed E-state index contributed by atoms with van der Waals surface area (Å²) < 4.78 is 0. The first-order valence-corrected chi connectivity index (χ1v) is 7.15. The van der Waals surface area contributed by atoms with Crippen LogP contribution >= 0.6 is 0 Å². The molecule has 116 valence electrons. The number of rotatable bonds is 3. The Balaban J connectivity index is 2.82. The number of carboxylic acid groups (broad SMARTS) is 1. The van der Waals surface area contributed by atoms with Crippen LogP contribution in [0.2, 0.25) is 0 Å². The van der Waals surface area contributed by atoms with E-state index in [-0.39, 0.29) is 12.6 Å². The largest absolute Gasteiger partial charge is 0.480 e. The molecule has 1 saturated heterocycles. The van der Waals surface area contributed by atoms with Gasteiger partial charge in [0.2, 0.25) is 0 Å². The predicted molar refractivity (Wildman–Crippen MR) is 77.8 cm³/mol. The molecule has 20 heavy (non-hydrogen) atoms. The normalized spacial score (nSPS) is 20.9. The van der Waals surface area contributed by atoms with Gasteiger partial charge in [-0.05, 0) is 34.2 Å². The second-order valence-corrected chi connectivity index (χ2v) is 6.42. The van der Waals surface area contributed by atoms with Crippen LogP contribution < -0.4 is 0 Å². The molecule has 0 aromatic heterocycles. The lowest BCUT2D eigenvalue weighted by molar-refractivity contribution is -0.138. The summed E-state index contributed by atoms with van der Waals surface area (Å²) in [5, 5.41) is 9.01. The Morgan fingerprint density at radius 2 is 1.90 bits per heavy atom. The molecule has 6 nitrogen and oxygen atoms in total. The summed E-state index contributed by atoms with van der Waals surface area (Å²) in [4.78, 5) is 29.1. The maximum Gasteiger partial charge on any atom is 0.323 e. The van der Waals surface area contributed by atoms with Crippen molar-refractivity contribution in [2.45, 2.75) is 45.7 Å². The fraction of sp³-hybridized carbons (Fsp3) is 0.857. The molecule has 1 aliphatic rings. The summed E-state index contributed by atoms with van der Waals surface area (Å²) >= 11 is 0. The Hall–Kier alpha value is -1.30. The first-order chi connectivity index (χ1) is 9.16. The van der Waals surface area contributed by atoms with Gasteiger partial charge in [-0.1, -0.05) is 6.92 Å². The highest BCUT2D eigenvalue weighted by atomic mass is 16.4. The Kier molecular flexibility index (Phi) is 5.39. The summed E-state index contributed by atoms with van der Waals surface area (Å²) in [6, 6.07) is 0.172. The molecule has 1 atom stereocenters. The third kappa shape index (κ3) is 4.10. The Bertz CT molecular complexity index is 365. The van der Waals surface area contributed by atoms with Gasteiger partial charge in [0, 0.05) is 31.2 Å². The Morgan fingerprint density at radius 1 is 1.30 bits per heavy atom. The summed E-state index contributed by atoms with van der Waals surface area (Å²) in [5.74, 6) is -0.977. The molecule has 2 amide bonds. The van der Waals surface area contributed by atoms with E-state index in [1.54, 1.807) is 4.90 Å². The number of likely N-dealkylation sites (N-methyl/N-ethyl adjacent to an activating group) is 1. The van der Waals surface area contributed by atoms with E-state index in [2.05, 4.69) is 18.9 Å². The van der Waals surface area contributed by atoms with Gasteiger partial charge >= 0.3 is 12.0 Å². The third-order valence-corrected chi connectivity index (χ3v) is 3.85.